The number of hydrogen-bond acceptors (Lipinski definition) is 5. The molecule has 204 valence electrons. The molecule has 3 fully saturated rings. The van der Waals surface area contributed by atoms with Crippen molar-refractivity contribution >= 4 is 23.4 Å². The van der Waals surface area contributed by atoms with E-state index >= 15 is 0 Å². The highest BCUT2D eigenvalue weighted by Crippen LogP contribution is 2.55. The number of ether oxygens (including phenoxy) is 2. The fourth-order valence-corrected chi connectivity index (χ4v) is 6.83. The summed E-state index contributed by atoms with van der Waals surface area (Å²) in [6.45, 7) is 0.374. The van der Waals surface area contributed by atoms with Gasteiger partial charge in [-0.05, 0) is 49.1 Å². The van der Waals surface area contributed by atoms with E-state index in [9.17, 15) is 14.4 Å². The van der Waals surface area contributed by atoms with Crippen LogP contribution < -0.4 is 15.4 Å². The maximum atomic E-state index is 14.1. The number of rotatable bonds is 8. The van der Waals surface area contributed by atoms with Crippen molar-refractivity contribution < 1.29 is 23.9 Å². The van der Waals surface area contributed by atoms with Gasteiger partial charge in [0.2, 0.25) is 17.7 Å². The van der Waals surface area contributed by atoms with Crippen LogP contribution in [0.4, 0.5) is 5.69 Å². The number of methoxy groups -OCH3 is 1. The van der Waals surface area contributed by atoms with Crippen LogP contribution in [0.1, 0.15) is 37.7 Å². The van der Waals surface area contributed by atoms with E-state index in [0.717, 1.165) is 31.2 Å². The summed E-state index contributed by atoms with van der Waals surface area (Å²) in [5, 5.41) is 6.19. The normalized spacial score (nSPS) is 29.4. The number of nitrogens with one attached hydrogen (secondary N) is 2. The lowest BCUT2D eigenvalue weighted by Gasteiger charge is -2.34. The molecule has 39 heavy (non-hydrogen) atoms. The summed E-state index contributed by atoms with van der Waals surface area (Å²) < 4.78 is 11.7. The van der Waals surface area contributed by atoms with Crippen molar-refractivity contribution in [3.05, 3.63) is 72.3 Å². The standard InChI is InChI=1S/C31H35N3O5/c1-38-23-14-12-22(13-15-23)32-28(35)25-24-16-18-31(39-24)26(25)30(37)34(19-17-20-8-4-2-5-9-20)27(31)29(36)33-21-10-6-3-7-11-21/h2,4-5,8-9,12-16,18,21,24-27H,3,6-7,10-11,17,19H2,1H3,(H,32,35)(H,33,36)/t24-,25+,26-,27-,31-/m0/s1. The number of likely N-dealkylation sites (tertiary alicyclic amines) is 1. The number of fused-ring (bicyclic) bond motifs is 1. The minimum absolute atomic E-state index is 0.101. The summed E-state index contributed by atoms with van der Waals surface area (Å²) in [6.07, 6.45) is 9.02. The second kappa shape index (κ2) is 10.5. The topological polar surface area (TPSA) is 97.0 Å². The molecule has 2 N–H and O–H groups in total. The third-order valence-electron chi connectivity index (χ3n) is 8.72. The molecular weight excluding hydrogens is 494 g/mol. The molecule has 3 aliphatic heterocycles. The van der Waals surface area contributed by atoms with Gasteiger partial charge in [-0.2, -0.15) is 0 Å². The largest absolute Gasteiger partial charge is 0.497 e. The Hall–Kier alpha value is -3.65. The Balaban J connectivity index is 1.28. The lowest BCUT2D eigenvalue weighted by atomic mass is 9.74. The first-order valence-electron chi connectivity index (χ1n) is 14.0. The zero-order chi connectivity index (χ0) is 27.0. The van der Waals surface area contributed by atoms with Gasteiger partial charge in [0.1, 0.15) is 17.4 Å². The molecule has 0 aromatic heterocycles. The van der Waals surface area contributed by atoms with Crippen molar-refractivity contribution in [3.63, 3.8) is 0 Å². The third-order valence-corrected chi connectivity index (χ3v) is 8.72. The number of amides is 3. The van der Waals surface area contributed by atoms with E-state index in [2.05, 4.69) is 10.6 Å². The van der Waals surface area contributed by atoms with Crippen LogP contribution in [-0.4, -0.2) is 60.1 Å². The van der Waals surface area contributed by atoms with Gasteiger partial charge in [-0.15, -0.1) is 0 Å². The molecule has 1 aliphatic carbocycles. The van der Waals surface area contributed by atoms with E-state index in [0.29, 0.717) is 24.4 Å². The van der Waals surface area contributed by atoms with Gasteiger partial charge in [0.05, 0.1) is 25.0 Å². The van der Waals surface area contributed by atoms with Gasteiger partial charge in [-0.3, -0.25) is 14.4 Å². The van der Waals surface area contributed by atoms with Crippen LogP contribution in [0.25, 0.3) is 0 Å². The minimum atomic E-state index is -1.15. The van der Waals surface area contributed by atoms with E-state index in [1.807, 2.05) is 42.5 Å². The van der Waals surface area contributed by atoms with Crippen LogP contribution in [0.3, 0.4) is 0 Å². The number of nitrogens with zero attached hydrogens (tertiary/aromatic N) is 1. The molecule has 0 unspecified atom stereocenters. The SMILES string of the molecule is COc1ccc(NC(=O)[C@@H]2[C@@H]3C=C[C@]4(O3)[C@@H]2C(=O)N(CCc2ccccc2)[C@H]4C(=O)NC2CCCCC2)cc1. The molecule has 0 radical (unpaired) electrons. The first-order valence-corrected chi connectivity index (χ1v) is 14.0. The van der Waals surface area contributed by atoms with Gasteiger partial charge in [0.15, 0.2) is 0 Å². The second-order valence-corrected chi connectivity index (χ2v) is 11.0. The van der Waals surface area contributed by atoms with Gasteiger partial charge in [-0.1, -0.05) is 61.7 Å². The molecule has 4 aliphatic rings. The van der Waals surface area contributed by atoms with Gasteiger partial charge in [-0.25, -0.2) is 0 Å². The molecule has 3 heterocycles. The highest BCUT2D eigenvalue weighted by atomic mass is 16.5. The first-order chi connectivity index (χ1) is 19.0. The Labute approximate surface area is 228 Å². The molecule has 3 amide bonds. The number of carbonyl (C=O) groups excluding carboxylic acids is 3. The van der Waals surface area contributed by atoms with Crippen molar-refractivity contribution in [2.24, 2.45) is 11.8 Å². The monoisotopic (exact) mass is 529 g/mol. The Morgan fingerprint density at radius 2 is 1.77 bits per heavy atom. The molecule has 5 atom stereocenters. The molecule has 1 saturated carbocycles. The van der Waals surface area contributed by atoms with Crippen LogP contribution >= 0.6 is 0 Å². The van der Waals surface area contributed by atoms with E-state index in [4.69, 9.17) is 9.47 Å². The van der Waals surface area contributed by atoms with Gasteiger partial charge in [0, 0.05) is 18.3 Å². The third kappa shape index (κ3) is 4.61. The van der Waals surface area contributed by atoms with Crippen molar-refractivity contribution in [1.82, 2.24) is 10.2 Å². The summed E-state index contributed by atoms with van der Waals surface area (Å²) in [5.41, 5.74) is 0.541. The molecular formula is C31H35N3O5. The highest BCUT2D eigenvalue weighted by Gasteiger charge is 2.72. The van der Waals surface area contributed by atoms with Crippen LogP contribution in [0.15, 0.2) is 66.7 Å². The quantitative estimate of drug-likeness (QED) is 0.511. The summed E-state index contributed by atoms with van der Waals surface area (Å²) >= 11 is 0. The number of anilines is 1. The average Bonchev–Trinajstić information content (AvgIpc) is 3.60. The van der Waals surface area contributed by atoms with Crippen LogP contribution in [-0.2, 0) is 25.5 Å². The van der Waals surface area contributed by atoms with Crippen LogP contribution in [0.2, 0.25) is 0 Å². The van der Waals surface area contributed by atoms with Gasteiger partial charge in [0.25, 0.3) is 0 Å². The summed E-state index contributed by atoms with van der Waals surface area (Å²) in [5.74, 6) is -1.47. The average molecular weight is 530 g/mol. The highest BCUT2D eigenvalue weighted by molar-refractivity contribution is 6.02. The number of benzene rings is 2. The minimum Gasteiger partial charge on any atom is -0.497 e. The Morgan fingerprint density at radius 1 is 1.03 bits per heavy atom. The van der Waals surface area contributed by atoms with Crippen molar-refractivity contribution in [2.75, 3.05) is 19.0 Å². The molecule has 8 heteroatoms. The van der Waals surface area contributed by atoms with Crippen LogP contribution in [0, 0.1) is 11.8 Å². The number of hydrogen-bond donors (Lipinski definition) is 2. The van der Waals surface area contributed by atoms with Gasteiger partial charge < -0.3 is 25.0 Å². The smallest absolute Gasteiger partial charge is 0.246 e. The van der Waals surface area contributed by atoms with E-state index in [1.165, 1.54) is 6.42 Å². The molecule has 2 aromatic rings. The summed E-state index contributed by atoms with van der Waals surface area (Å²) in [4.78, 5) is 43.2. The fraction of sp³-hybridized carbons (Fsp3) is 0.452. The van der Waals surface area contributed by atoms with Crippen molar-refractivity contribution in [1.29, 1.82) is 0 Å². The van der Waals surface area contributed by atoms with Crippen LogP contribution in [0.5, 0.6) is 5.75 Å². The Morgan fingerprint density at radius 3 is 2.49 bits per heavy atom. The second-order valence-electron chi connectivity index (χ2n) is 11.0. The lowest BCUT2D eigenvalue weighted by Crippen LogP contribution is -2.56. The van der Waals surface area contributed by atoms with E-state index < -0.39 is 29.6 Å². The zero-order valence-electron chi connectivity index (χ0n) is 22.2. The zero-order valence-corrected chi connectivity index (χ0v) is 22.2. The van der Waals surface area contributed by atoms with E-state index in [-0.39, 0.29) is 23.8 Å². The maximum Gasteiger partial charge on any atom is 0.246 e. The molecule has 2 aromatic carbocycles. The van der Waals surface area contributed by atoms with Crippen molar-refractivity contribution in [2.45, 2.75) is 62.3 Å². The summed E-state index contributed by atoms with van der Waals surface area (Å²) in [6, 6.07) is 16.3. The van der Waals surface area contributed by atoms with Crippen molar-refractivity contribution in [3.8, 4) is 5.75 Å². The number of carbonyl (C=O) groups is 3. The molecule has 6 rings (SSSR count). The predicted octanol–water partition coefficient (Wildman–Crippen LogP) is 3.48. The Kier molecular flexibility index (Phi) is 6.89. The predicted molar refractivity (Wildman–Crippen MR) is 146 cm³/mol. The first kappa shape index (κ1) is 25.6. The molecule has 8 nitrogen and oxygen atoms in total. The lowest BCUT2D eigenvalue weighted by molar-refractivity contribution is -0.141. The summed E-state index contributed by atoms with van der Waals surface area (Å²) in [7, 11) is 1.59. The van der Waals surface area contributed by atoms with E-state index in [1.54, 1.807) is 36.3 Å². The molecule has 1 spiro atoms. The Bertz CT molecular complexity index is 1260. The molecule has 2 bridgehead atoms. The molecule has 2 saturated heterocycles. The fourth-order valence-electron chi connectivity index (χ4n) is 6.83. The van der Waals surface area contributed by atoms with Gasteiger partial charge >= 0.3 is 0 Å². The maximum absolute atomic E-state index is 14.1.